The van der Waals surface area contributed by atoms with Crippen LogP contribution in [0.5, 0.6) is 0 Å². The summed E-state index contributed by atoms with van der Waals surface area (Å²) in [4.78, 5) is 26.7. The number of carbonyl (C=O) groups excluding carboxylic acids is 1. The summed E-state index contributed by atoms with van der Waals surface area (Å²) in [6, 6.07) is 0.320. The number of rotatable bonds is 7. The summed E-state index contributed by atoms with van der Waals surface area (Å²) < 4.78 is 0. The molecule has 1 aliphatic rings. The van der Waals surface area contributed by atoms with Gasteiger partial charge in [-0.3, -0.25) is 4.79 Å². The monoisotopic (exact) mass is 285 g/mol. The minimum atomic E-state index is -0.813. The zero-order chi connectivity index (χ0) is 15.1. The number of nitrogens with zero attached hydrogens (tertiary/aromatic N) is 2. The minimum absolute atomic E-state index is 0.000922. The lowest BCUT2D eigenvalue weighted by atomic mass is 10.0. The first-order valence-electron chi connectivity index (χ1n) is 7.35. The van der Waals surface area contributed by atoms with E-state index in [4.69, 9.17) is 5.11 Å². The predicted molar refractivity (Wildman–Crippen MR) is 77.7 cm³/mol. The Balaban J connectivity index is 2.31. The molecule has 1 heterocycles. The fourth-order valence-corrected chi connectivity index (χ4v) is 2.58. The number of aliphatic carboxylic acids is 1. The summed E-state index contributed by atoms with van der Waals surface area (Å²) in [5.74, 6) is -0.814. The van der Waals surface area contributed by atoms with E-state index in [1.165, 1.54) is 6.42 Å². The molecule has 0 spiro atoms. The van der Waals surface area contributed by atoms with Crippen molar-refractivity contribution in [1.82, 2.24) is 15.1 Å². The Morgan fingerprint density at radius 2 is 2.20 bits per heavy atom. The molecule has 2 atom stereocenters. The lowest BCUT2D eigenvalue weighted by Crippen LogP contribution is -2.45. The van der Waals surface area contributed by atoms with Gasteiger partial charge in [0.05, 0.1) is 0 Å². The van der Waals surface area contributed by atoms with Gasteiger partial charge in [-0.2, -0.15) is 0 Å². The highest BCUT2D eigenvalue weighted by molar-refractivity contribution is 5.74. The van der Waals surface area contributed by atoms with Gasteiger partial charge in [0.1, 0.15) is 0 Å². The molecular formula is C14H27N3O3. The topological polar surface area (TPSA) is 72.9 Å². The van der Waals surface area contributed by atoms with Crippen LogP contribution < -0.4 is 5.32 Å². The zero-order valence-electron chi connectivity index (χ0n) is 12.8. The van der Waals surface area contributed by atoms with Crippen molar-refractivity contribution >= 4 is 12.0 Å². The van der Waals surface area contributed by atoms with Crippen molar-refractivity contribution in [1.29, 1.82) is 0 Å². The van der Waals surface area contributed by atoms with Gasteiger partial charge in [0.25, 0.3) is 0 Å². The van der Waals surface area contributed by atoms with E-state index in [-0.39, 0.29) is 18.4 Å². The Hall–Kier alpha value is -1.30. The van der Waals surface area contributed by atoms with Gasteiger partial charge in [0.2, 0.25) is 0 Å². The number of likely N-dealkylation sites (N-methyl/N-ethyl adjacent to an activating group) is 2. The Labute approximate surface area is 121 Å². The summed E-state index contributed by atoms with van der Waals surface area (Å²) in [5, 5.41) is 11.6. The molecule has 1 saturated heterocycles. The highest BCUT2D eigenvalue weighted by atomic mass is 16.4. The van der Waals surface area contributed by atoms with Gasteiger partial charge < -0.3 is 20.2 Å². The SMILES string of the molecule is CCC(CNC(=O)N(C)CC1CCCN1C)CC(=O)O. The zero-order valence-corrected chi connectivity index (χ0v) is 12.8. The van der Waals surface area contributed by atoms with Crippen LogP contribution in [0.3, 0.4) is 0 Å². The minimum Gasteiger partial charge on any atom is -0.481 e. The first kappa shape index (κ1) is 16.8. The molecule has 0 aliphatic carbocycles. The summed E-state index contributed by atoms with van der Waals surface area (Å²) in [7, 11) is 3.88. The van der Waals surface area contributed by atoms with E-state index in [2.05, 4.69) is 17.3 Å². The van der Waals surface area contributed by atoms with Gasteiger partial charge in [0, 0.05) is 32.6 Å². The standard InChI is InChI=1S/C14H27N3O3/c1-4-11(8-13(18)19)9-15-14(20)17(3)10-12-6-5-7-16(12)2/h11-12H,4-10H2,1-3H3,(H,15,20)(H,18,19). The van der Waals surface area contributed by atoms with Crippen LogP contribution in [0, 0.1) is 5.92 Å². The summed E-state index contributed by atoms with van der Waals surface area (Å²) in [5.41, 5.74) is 0. The molecule has 2 unspecified atom stereocenters. The maximum Gasteiger partial charge on any atom is 0.317 e. The molecule has 0 saturated carbocycles. The van der Waals surface area contributed by atoms with Gasteiger partial charge in [0.15, 0.2) is 0 Å². The van der Waals surface area contributed by atoms with Crippen LogP contribution in [0.2, 0.25) is 0 Å². The van der Waals surface area contributed by atoms with E-state index in [9.17, 15) is 9.59 Å². The lowest BCUT2D eigenvalue weighted by Gasteiger charge is -2.26. The molecular weight excluding hydrogens is 258 g/mol. The van der Waals surface area contributed by atoms with Crippen LogP contribution in [0.15, 0.2) is 0 Å². The lowest BCUT2D eigenvalue weighted by molar-refractivity contribution is -0.138. The Bertz CT molecular complexity index is 336. The van der Waals surface area contributed by atoms with E-state index >= 15 is 0 Å². The average molecular weight is 285 g/mol. The third kappa shape index (κ3) is 5.36. The second-order valence-corrected chi connectivity index (χ2v) is 5.72. The molecule has 20 heavy (non-hydrogen) atoms. The highest BCUT2D eigenvalue weighted by Crippen LogP contribution is 2.15. The first-order valence-corrected chi connectivity index (χ1v) is 7.35. The van der Waals surface area contributed by atoms with Crippen molar-refractivity contribution in [2.24, 2.45) is 5.92 Å². The average Bonchev–Trinajstić information content (AvgIpc) is 2.79. The van der Waals surface area contributed by atoms with Crippen LogP contribution in [-0.4, -0.2) is 66.7 Å². The number of carboxylic acid groups (broad SMARTS) is 1. The Morgan fingerprint density at radius 3 is 2.70 bits per heavy atom. The molecule has 6 heteroatoms. The van der Waals surface area contributed by atoms with Crippen molar-refractivity contribution in [2.75, 3.05) is 33.7 Å². The van der Waals surface area contributed by atoms with Crippen molar-refractivity contribution in [2.45, 2.75) is 38.6 Å². The van der Waals surface area contributed by atoms with E-state index in [0.29, 0.717) is 12.6 Å². The molecule has 0 aromatic heterocycles. The van der Waals surface area contributed by atoms with Crippen LogP contribution in [-0.2, 0) is 4.79 Å². The number of likely N-dealkylation sites (tertiary alicyclic amines) is 1. The fourth-order valence-electron chi connectivity index (χ4n) is 2.58. The number of urea groups is 1. The maximum absolute atomic E-state index is 12.0. The molecule has 0 aromatic carbocycles. The molecule has 116 valence electrons. The number of hydrogen-bond acceptors (Lipinski definition) is 3. The van der Waals surface area contributed by atoms with Crippen molar-refractivity contribution in [3.8, 4) is 0 Å². The summed E-state index contributed by atoms with van der Waals surface area (Å²) >= 11 is 0. The quantitative estimate of drug-likeness (QED) is 0.738. The van der Waals surface area contributed by atoms with Crippen LogP contribution in [0.1, 0.15) is 32.6 Å². The first-order chi connectivity index (χ1) is 9.43. The van der Waals surface area contributed by atoms with Crippen LogP contribution in [0.25, 0.3) is 0 Å². The molecule has 6 nitrogen and oxygen atoms in total. The van der Waals surface area contributed by atoms with Crippen molar-refractivity contribution < 1.29 is 14.7 Å². The molecule has 2 amide bonds. The number of nitrogens with one attached hydrogen (secondary N) is 1. The maximum atomic E-state index is 12.0. The van der Waals surface area contributed by atoms with E-state index in [1.54, 1.807) is 11.9 Å². The number of hydrogen-bond donors (Lipinski definition) is 2. The number of amides is 2. The Morgan fingerprint density at radius 1 is 1.50 bits per heavy atom. The molecule has 2 N–H and O–H groups in total. The molecule has 1 aliphatic heterocycles. The smallest absolute Gasteiger partial charge is 0.317 e. The molecule has 0 radical (unpaired) electrons. The van der Waals surface area contributed by atoms with Gasteiger partial charge in [-0.15, -0.1) is 0 Å². The molecule has 1 rings (SSSR count). The normalized spacial score (nSPS) is 20.6. The summed E-state index contributed by atoms with van der Waals surface area (Å²) in [6.45, 7) is 4.18. The second kappa shape index (κ2) is 8.09. The largest absolute Gasteiger partial charge is 0.481 e. The van der Waals surface area contributed by atoms with Crippen molar-refractivity contribution in [3.63, 3.8) is 0 Å². The predicted octanol–water partition coefficient (Wildman–Crippen LogP) is 1.22. The Kier molecular flexibility index (Phi) is 6.78. The van der Waals surface area contributed by atoms with Crippen LogP contribution >= 0.6 is 0 Å². The molecule has 0 bridgehead atoms. The third-order valence-electron chi connectivity index (χ3n) is 4.09. The third-order valence-corrected chi connectivity index (χ3v) is 4.09. The van der Waals surface area contributed by atoms with E-state index < -0.39 is 5.97 Å². The second-order valence-electron chi connectivity index (χ2n) is 5.72. The van der Waals surface area contributed by atoms with Gasteiger partial charge in [-0.1, -0.05) is 13.3 Å². The number of carbonyl (C=O) groups is 2. The van der Waals surface area contributed by atoms with Crippen molar-refractivity contribution in [3.05, 3.63) is 0 Å². The molecule has 0 aromatic rings. The van der Waals surface area contributed by atoms with E-state index in [0.717, 1.165) is 25.9 Å². The van der Waals surface area contributed by atoms with Crippen LogP contribution in [0.4, 0.5) is 4.79 Å². The highest BCUT2D eigenvalue weighted by Gasteiger charge is 2.24. The van der Waals surface area contributed by atoms with E-state index in [1.807, 2.05) is 6.92 Å². The molecule has 1 fully saturated rings. The van der Waals surface area contributed by atoms with Gasteiger partial charge in [-0.25, -0.2) is 4.79 Å². The summed E-state index contributed by atoms with van der Waals surface area (Å²) in [6.07, 6.45) is 3.17. The number of carboxylic acids is 1. The fraction of sp³-hybridized carbons (Fsp3) is 0.857. The van der Waals surface area contributed by atoms with Gasteiger partial charge >= 0.3 is 12.0 Å². The van der Waals surface area contributed by atoms with Gasteiger partial charge in [-0.05, 0) is 32.4 Å².